The van der Waals surface area contributed by atoms with Gasteiger partial charge in [-0.05, 0) is 42.5 Å². The van der Waals surface area contributed by atoms with E-state index in [1.54, 1.807) is 6.07 Å². The molecule has 0 aliphatic carbocycles. The fourth-order valence-corrected chi connectivity index (χ4v) is 7.99. The highest BCUT2D eigenvalue weighted by Gasteiger charge is 2.44. The predicted molar refractivity (Wildman–Crippen MR) is 165 cm³/mol. The minimum atomic E-state index is -4.08. The number of sulfonamides is 1. The number of thiazole rings is 1. The Morgan fingerprint density at radius 1 is 1.16 bits per heavy atom. The van der Waals surface area contributed by atoms with Crippen molar-refractivity contribution in [2.24, 2.45) is 11.8 Å². The molecule has 238 valence electrons. The van der Waals surface area contributed by atoms with Crippen LogP contribution in [-0.4, -0.2) is 85.7 Å². The molecule has 5 rings (SSSR count). The van der Waals surface area contributed by atoms with E-state index in [0.29, 0.717) is 17.3 Å². The second kappa shape index (κ2) is 13.9. The van der Waals surface area contributed by atoms with Gasteiger partial charge in [-0.2, -0.15) is 4.31 Å². The lowest BCUT2D eigenvalue weighted by atomic mass is 10.0. The number of nitrogens with zero attached hydrogens (tertiary/aromatic N) is 2. The molecular formula is C30H38N4O8S2. The van der Waals surface area contributed by atoms with Gasteiger partial charge in [0.1, 0.15) is 6.10 Å². The molecule has 2 aliphatic heterocycles. The number of ether oxygens (including phenoxy) is 3. The first kappa shape index (κ1) is 32.3. The van der Waals surface area contributed by atoms with Crippen LogP contribution in [-0.2, 0) is 35.4 Å². The Morgan fingerprint density at radius 3 is 2.66 bits per heavy atom. The number of fused-ring (bicyclic) bond motifs is 2. The second-order valence-electron chi connectivity index (χ2n) is 11.5. The predicted octanol–water partition coefficient (Wildman–Crippen LogP) is 3.36. The first-order chi connectivity index (χ1) is 21.0. The van der Waals surface area contributed by atoms with E-state index in [4.69, 9.17) is 14.2 Å². The molecule has 2 saturated heterocycles. The molecule has 2 fully saturated rings. The smallest absolute Gasteiger partial charge is 0.407 e. The Labute approximate surface area is 260 Å². The van der Waals surface area contributed by atoms with Gasteiger partial charge in [0.2, 0.25) is 15.9 Å². The molecule has 3 unspecified atom stereocenters. The number of hydrogen-bond donors (Lipinski definition) is 3. The number of benzene rings is 2. The van der Waals surface area contributed by atoms with Crippen molar-refractivity contribution in [2.75, 3.05) is 31.6 Å². The first-order valence-electron chi connectivity index (χ1n) is 14.6. The summed E-state index contributed by atoms with van der Waals surface area (Å²) < 4.78 is 46.6. The highest BCUT2D eigenvalue weighted by Crippen LogP contribution is 2.33. The third kappa shape index (κ3) is 7.73. The Bertz CT molecular complexity index is 1570. The summed E-state index contributed by atoms with van der Waals surface area (Å²) in [5.74, 6) is -0.375. The molecule has 3 heterocycles. The van der Waals surface area contributed by atoms with Gasteiger partial charge in [0.05, 0.1) is 46.4 Å². The van der Waals surface area contributed by atoms with Gasteiger partial charge in [-0.1, -0.05) is 55.5 Å². The van der Waals surface area contributed by atoms with Crippen molar-refractivity contribution in [3.8, 4) is 0 Å². The quantitative estimate of drug-likeness (QED) is 0.269. The van der Waals surface area contributed by atoms with Crippen LogP contribution in [0.15, 0.2) is 53.4 Å². The van der Waals surface area contributed by atoms with Crippen LogP contribution >= 0.6 is 11.3 Å². The van der Waals surface area contributed by atoms with Gasteiger partial charge in [-0.3, -0.25) is 4.79 Å². The van der Waals surface area contributed by atoms with E-state index in [9.17, 15) is 23.1 Å². The van der Waals surface area contributed by atoms with Crippen LogP contribution in [0.4, 0.5) is 9.93 Å². The summed E-state index contributed by atoms with van der Waals surface area (Å²) in [7, 11) is -4.08. The van der Waals surface area contributed by atoms with E-state index in [0.717, 1.165) is 16.7 Å². The van der Waals surface area contributed by atoms with Crippen LogP contribution < -0.4 is 10.6 Å². The molecule has 2 aromatic carbocycles. The fourth-order valence-electron chi connectivity index (χ4n) is 5.46. The lowest BCUT2D eigenvalue weighted by Crippen LogP contribution is -2.51. The van der Waals surface area contributed by atoms with E-state index in [1.165, 1.54) is 34.7 Å². The molecule has 14 heteroatoms. The van der Waals surface area contributed by atoms with Crippen molar-refractivity contribution >= 4 is 48.7 Å². The molecule has 2 amide bonds. The van der Waals surface area contributed by atoms with Crippen LogP contribution in [0.2, 0.25) is 0 Å². The van der Waals surface area contributed by atoms with Crippen molar-refractivity contribution in [3.63, 3.8) is 0 Å². The molecule has 3 N–H and O–H groups in total. The number of amides is 2. The number of carbonyl (C=O) groups excluding carboxylic acids is 2. The summed E-state index contributed by atoms with van der Waals surface area (Å²) in [6.07, 6.45) is -1.86. The van der Waals surface area contributed by atoms with Crippen LogP contribution in [0.5, 0.6) is 0 Å². The third-order valence-electron chi connectivity index (χ3n) is 7.55. The number of nitrogens with one attached hydrogen (secondary N) is 2. The van der Waals surface area contributed by atoms with Gasteiger partial charge in [0.25, 0.3) is 0 Å². The van der Waals surface area contributed by atoms with Gasteiger partial charge in [-0.15, -0.1) is 0 Å². The Kier molecular flexibility index (Phi) is 10.2. The SMILES string of the molecule is CC(=O)Nc1nc2cc(S(=O)(=O)N(CC(C)C)C[C@@H](O)[C@H](Cc3ccccc3)NC(=O)OC3COC4OCCC34)ccc2s1. The molecule has 2 aliphatic rings. The normalized spacial score (nSPS) is 21.4. The van der Waals surface area contributed by atoms with E-state index in [2.05, 4.69) is 15.6 Å². The third-order valence-corrected chi connectivity index (χ3v) is 10.3. The summed E-state index contributed by atoms with van der Waals surface area (Å²) in [5, 5.41) is 17.3. The zero-order chi connectivity index (χ0) is 31.4. The maximum Gasteiger partial charge on any atom is 0.407 e. The molecule has 0 bridgehead atoms. The first-order valence-corrected chi connectivity index (χ1v) is 16.9. The maximum absolute atomic E-state index is 14.0. The number of anilines is 1. The molecule has 3 aromatic rings. The highest BCUT2D eigenvalue weighted by molar-refractivity contribution is 7.89. The minimum Gasteiger partial charge on any atom is -0.443 e. The average molecular weight is 647 g/mol. The van der Waals surface area contributed by atoms with Crippen LogP contribution in [0.3, 0.4) is 0 Å². The summed E-state index contributed by atoms with van der Waals surface area (Å²) in [5.41, 5.74) is 1.29. The molecule has 0 saturated carbocycles. The monoisotopic (exact) mass is 646 g/mol. The minimum absolute atomic E-state index is 0.0130. The summed E-state index contributed by atoms with van der Waals surface area (Å²) in [4.78, 5) is 28.9. The van der Waals surface area contributed by atoms with Crippen LogP contribution in [0, 0.1) is 11.8 Å². The zero-order valence-electron chi connectivity index (χ0n) is 24.8. The number of aliphatic hydroxyl groups is 1. The van der Waals surface area contributed by atoms with Crippen molar-refractivity contribution in [2.45, 2.75) is 63.0 Å². The van der Waals surface area contributed by atoms with Gasteiger partial charge >= 0.3 is 6.09 Å². The van der Waals surface area contributed by atoms with Gasteiger partial charge in [-0.25, -0.2) is 18.2 Å². The average Bonchev–Trinajstić information content (AvgIpc) is 3.69. The van der Waals surface area contributed by atoms with E-state index in [-0.39, 0.29) is 55.0 Å². The lowest BCUT2D eigenvalue weighted by Gasteiger charge is -2.31. The largest absolute Gasteiger partial charge is 0.443 e. The van der Waals surface area contributed by atoms with Gasteiger partial charge in [0, 0.05) is 20.0 Å². The summed E-state index contributed by atoms with van der Waals surface area (Å²) in [6, 6.07) is 13.1. The summed E-state index contributed by atoms with van der Waals surface area (Å²) in [6.45, 7) is 5.78. The molecule has 44 heavy (non-hydrogen) atoms. The number of hydrogen-bond acceptors (Lipinski definition) is 10. The molecule has 0 radical (unpaired) electrons. The van der Waals surface area contributed by atoms with Gasteiger partial charge < -0.3 is 30.0 Å². The van der Waals surface area contributed by atoms with E-state index >= 15 is 0 Å². The standard InChI is InChI=1S/C30H38N4O8S2/c1-18(2)15-34(44(38,39)21-9-10-27-24(14-21)32-29(43-27)31-19(3)35)16-25(36)23(13-20-7-5-4-6-8-20)33-30(37)42-26-17-41-28-22(26)11-12-40-28/h4-10,14,18,22-23,25-26,28,36H,11-13,15-17H2,1-3H3,(H,33,37)(H,31,32,35)/t22?,23-,25+,26?,28?/m0/s1. The number of rotatable bonds is 12. The topological polar surface area (TPSA) is 156 Å². The molecule has 0 spiro atoms. The van der Waals surface area contributed by atoms with Crippen LogP contribution in [0.25, 0.3) is 10.2 Å². The number of aromatic nitrogens is 1. The lowest BCUT2D eigenvalue weighted by molar-refractivity contribution is -0.114. The van der Waals surface area contributed by atoms with Crippen LogP contribution in [0.1, 0.15) is 32.8 Å². The maximum atomic E-state index is 14.0. The van der Waals surface area contributed by atoms with Crippen molar-refractivity contribution in [1.82, 2.24) is 14.6 Å². The Balaban J connectivity index is 1.35. The Hall–Kier alpha value is -3.14. The molecule has 5 atom stereocenters. The second-order valence-corrected chi connectivity index (χ2v) is 14.5. The van der Waals surface area contributed by atoms with E-state index < -0.39 is 34.4 Å². The number of aliphatic hydroxyl groups excluding tert-OH is 1. The van der Waals surface area contributed by atoms with Crippen molar-refractivity contribution in [3.05, 3.63) is 54.1 Å². The highest BCUT2D eigenvalue weighted by atomic mass is 32.2. The van der Waals surface area contributed by atoms with Crippen molar-refractivity contribution in [1.29, 1.82) is 0 Å². The van der Waals surface area contributed by atoms with Crippen molar-refractivity contribution < 1.29 is 37.3 Å². The zero-order valence-corrected chi connectivity index (χ0v) is 26.5. The van der Waals surface area contributed by atoms with E-state index in [1.807, 2.05) is 44.2 Å². The molecule has 12 nitrogen and oxygen atoms in total. The fraction of sp³-hybridized carbons (Fsp3) is 0.500. The van der Waals surface area contributed by atoms with Gasteiger partial charge in [0.15, 0.2) is 11.4 Å². The number of carbonyl (C=O) groups is 2. The molecular weight excluding hydrogens is 608 g/mol. The summed E-state index contributed by atoms with van der Waals surface area (Å²) >= 11 is 1.24. The number of alkyl carbamates (subject to hydrolysis) is 1. The molecule has 1 aromatic heterocycles. The Morgan fingerprint density at radius 2 is 1.93 bits per heavy atom.